The molecule has 10 nitrogen and oxygen atoms in total. The summed E-state index contributed by atoms with van der Waals surface area (Å²) in [6.45, 7) is 4.56. The number of hydrogen-bond acceptors (Lipinski definition) is 6. The summed E-state index contributed by atoms with van der Waals surface area (Å²) in [6.07, 6.45) is 4.44. The number of anilines is 1. The summed E-state index contributed by atoms with van der Waals surface area (Å²) >= 11 is 0. The fraction of sp³-hybridized carbons (Fsp3) is 0.310. The Morgan fingerprint density at radius 3 is 2.72 bits per heavy atom. The lowest BCUT2D eigenvalue weighted by atomic mass is 10.0. The minimum atomic E-state index is 0.0903. The van der Waals surface area contributed by atoms with Crippen LogP contribution in [0.15, 0.2) is 67.1 Å². The van der Waals surface area contributed by atoms with Crippen molar-refractivity contribution in [1.82, 2.24) is 34.2 Å². The molecule has 39 heavy (non-hydrogen) atoms. The number of rotatable bonds is 4. The summed E-state index contributed by atoms with van der Waals surface area (Å²) in [5.74, 6) is 0.583. The minimum Gasteiger partial charge on any atom is -0.382 e. The molecule has 2 amide bonds. The van der Waals surface area contributed by atoms with Gasteiger partial charge in [-0.1, -0.05) is 42.5 Å². The zero-order chi connectivity index (χ0) is 26.3. The topological polar surface area (TPSA) is 107 Å². The monoisotopic (exact) mass is 522 g/mol. The lowest BCUT2D eigenvalue weighted by Crippen LogP contribution is -2.47. The number of nitrogens with zero attached hydrogens (tertiary/aromatic N) is 7. The van der Waals surface area contributed by atoms with E-state index < -0.39 is 0 Å². The van der Waals surface area contributed by atoms with Gasteiger partial charge in [0.25, 0.3) is 0 Å². The van der Waals surface area contributed by atoms with E-state index >= 15 is 0 Å². The molecule has 2 aliphatic rings. The Balaban J connectivity index is 1.20. The van der Waals surface area contributed by atoms with Crippen LogP contribution in [0.2, 0.25) is 0 Å². The minimum absolute atomic E-state index is 0.0903. The maximum Gasteiger partial charge on any atom is 0.320 e. The molecule has 7 rings (SSSR count). The molecule has 2 aromatic carbocycles. The van der Waals surface area contributed by atoms with E-state index in [9.17, 15) is 4.79 Å². The summed E-state index contributed by atoms with van der Waals surface area (Å²) in [7, 11) is 0. The highest BCUT2D eigenvalue weighted by molar-refractivity contribution is 5.92. The summed E-state index contributed by atoms with van der Waals surface area (Å²) in [4.78, 5) is 21.2. The number of nitrogen functional groups attached to an aromatic ring is 1. The molecular weight excluding hydrogens is 492 g/mol. The number of hydrogen-bond donors (Lipinski definition) is 1. The van der Waals surface area contributed by atoms with Crippen LogP contribution in [-0.2, 0) is 11.3 Å². The lowest BCUT2D eigenvalue weighted by molar-refractivity contribution is 0.0450. The highest BCUT2D eigenvalue weighted by Crippen LogP contribution is 2.37. The Labute approximate surface area is 225 Å². The molecule has 1 atom stereocenters. The average Bonchev–Trinajstić information content (AvgIpc) is 3.70. The molecule has 2 fully saturated rings. The molecule has 5 heterocycles. The number of aromatic nitrogens is 5. The van der Waals surface area contributed by atoms with Gasteiger partial charge in [0.15, 0.2) is 5.82 Å². The molecule has 2 saturated heterocycles. The Bertz CT molecular complexity index is 1650. The third kappa shape index (κ3) is 4.36. The number of carbonyl (C=O) groups excluding carboxylic acids is 1. The first-order valence-electron chi connectivity index (χ1n) is 13.4. The van der Waals surface area contributed by atoms with Crippen LogP contribution >= 0.6 is 0 Å². The van der Waals surface area contributed by atoms with Gasteiger partial charge in [-0.05, 0) is 29.7 Å². The summed E-state index contributed by atoms with van der Waals surface area (Å²) < 4.78 is 9.30. The Morgan fingerprint density at radius 2 is 1.87 bits per heavy atom. The van der Waals surface area contributed by atoms with Crippen molar-refractivity contribution in [2.24, 2.45) is 0 Å². The third-order valence-corrected chi connectivity index (χ3v) is 7.82. The third-order valence-electron chi connectivity index (χ3n) is 7.82. The number of carbonyl (C=O) groups is 1. The molecule has 198 valence electrons. The quantitative estimate of drug-likeness (QED) is 0.386. The summed E-state index contributed by atoms with van der Waals surface area (Å²) in [6, 6.07) is 18.9. The van der Waals surface area contributed by atoms with E-state index in [2.05, 4.69) is 52.7 Å². The molecule has 1 unspecified atom stereocenters. The number of benzene rings is 2. The van der Waals surface area contributed by atoms with Crippen LogP contribution < -0.4 is 5.73 Å². The van der Waals surface area contributed by atoms with E-state index in [0.717, 1.165) is 46.2 Å². The van der Waals surface area contributed by atoms with Crippen molar-refractivity contribution in [2.45, 2.75) is 18.9 Å². The normalized spacial score (nSPS) is 17.9. The van der Waals surface area contributed by atoms with Gasteiger partial charge in [0.1, 0.15) is 11.8 Å². The highest BCUT2D eigenvalue weighted by atomic mass is 16.5. The van der Waals surface area contributed by atoms with Gasteiger partial charge in [-0.2, -0.15) is 10.2 Å². The second-order valence-corrected chi connectivity index (χ2v) is 10.3. The molecule has 0 saturated carbocycles. The van der Waals surface area contributed by atoms with Crippen LogP contribution in [0.5, 0.6) is 0 Å². The number of urea groups is 1. The van der Waals surface area contributed by atoms with Gasteiger partial charge in [0, 0.05) is 54.9 Å². The molecule has 0 aliphatic carbocycles. The molecular formula is C29H30N8O2. The van der Waals surface area contributed by atoms with E-state index in [1.807, 2.05) is 37.2 Å². The fourth-order valence-corrected chi connectivity index (χ4v) is 5.82. The zero-order valence-electron chi connectivity index (χ0n) is 21.6. The van der Waals surface area contributed by atoms with Crippen molar-refractivity contribution in [1.29, 1.82) is 0 Å². The molecule has 0 spiro atoms. The fourth-order valence-electron chi connectivity index (χ4n) is 5.82. The first kappa shape index (κ1) is 23.7. The number of nitrogens with two attached hydrogens (primary N) is 1. The van der Waals surface area contributed by atoms with Gasteiger partial charge in [-0.25, -0.2) is 14.3 Å². The van der Waals surface area contributed by atoms with Gasteiger partial charge in [-0.3, -0.25) is 4.68 Å². The summed E-state index contributed by atoms with van der Waals surface area (Å²) in [5.41, 5.74) is 12.3. The smallest absolute Gasteiger partial charge is 0.320 e. The molecule has 3 aromatic heterocycles. The molecule has 0 radical (unpaired) electrons. The van der Waals surface area contributed by atoms with Crippen LogP contribution in [0, 0.1) is 0 Å². The lowest BCUT2D eigenvalue weighted by Gasteiger charge is -2.31. The van der Waals surface area contributed by atoms with Gasteiger partial charge in [-0.15, -0.1) is 0 Å². The second-order valence-electron chi connectivity index (χ2n) is 10.3. The largest absolute Gasteiger partial charge is 0.382 e. The molecule has 2 aliphatic heterocycles. The Morgan fingerprint density at radius 1 is 1.03 bits per heavy atom. The van der Waals surface area contributed by atoms with Crippen molar-refractivity contribution in [3.63, 3.8) is 0 Å². The van der Waals surface area contributed by atoms with Gasteiger partial charge in [0.2, 0.25) is 0 Å². The van der Waals surface area contributed by atoms with Crippen molar-refractivity contribution >= 4 is 28.3 Å². The number of fused-ring (bicyclic) bond motifs is 2. The standard InChI is InChI=1S/C29H30N8O2/c30-28-27-24(21-6-7-22-18-36(33-25(22)14-21)16-20-4-2-1-3-5-20)15-26(37(27)32-19-31-28)23-8-9-35(17-23)29(38)34-10-12-39-13-11-34/h1-7,14-15,18-19,23H,8-13,16-17H2,(H2,30,31,32). The molecule has 10 heteroatoms. The van der Waals surface area contributed by atoms with Crippen LogP contribution in [0.1, 0.15) is 23.6 Å². The highest BCUT2D eigenvalue weighted by Gasteiger charge is 2.33. The van der Waals surface area contributed by atoms with E-state index in [-0.39, 0.29) is 11.9 Å². The zero-order valence-corrected chi connectivity index (χ0v) is 21.6. The van der Waals surface area contributed by atoms with E-state index in [1.165, 1.54) is 11.9 Å². The first-order chi connectivity index (χ1) is 19.1. The number of morpholine rings is 1. The van der Waals surface area contributed by atoms with E-state index in [4.69, 9.17) is 15.6 Å². The number of amides is 2. The maximum absolute atomic E-state index is 13.1. The molecule has 5 aromatic rings. The second kappa shape index (κ2) is 9.70. The van der Waals surface area contributed by atoms with Crippen LogP contribution in [0.25, 0.3) is 27.5 Å². The van der Waals surface area contributed by atoms with Crippen LogP contribution in [0.3, 0.4) is 0 Å². The summed E-state index contributed by atoms with van der Waals surface area (Å²) in [5, 5.41) is 10.5. The maximum atomic E-state index is 13.1. The van der Waals surface area contributed by atoms with Gasteiger partial charge >= 0.3 is 6.03 Å². The number of ether oxygens (including phenoxy) is 1. The molecule has 0 bridgehead atoms. The first-order valence-corrected chi connectivity index (χ1v) is 13.4. The van der Waals surface area contributed by atoms with E-state index in [1.54, 1.807) is 0 Å². The number of likely N-dealkylation sites (tertiary alicyclic amines) is 1. The van der Waals surface area contributed by atoms with Crippen LogP contribution in [-0.4, -0.2) is 79.6 Å². The van der Waals surface area contributed by atoms with Crippen molar-refractivity contribution in [3.8, 4) is 11.1 Å². The Hall–Kier alpha value is -4.44. The van der Waals surface area contributed by atoms with Gasteiger partial charge in [0.05, 0.1) is 25.3 Å². The van der Waals surface area contributed by atoms with E-state index in [0.29, 0.717) is 45.2 Å². The Kier molecular flexibility index (Phi) is 5.89. The van der Waals surface area contributed by atoms with Crippen molar-refractivity contribution < 1.29 is 9.53 Å². The van der Waals surface area contributed by atoms with Crippen molar-refractivity contribution in [2.75, 3.05) is 45.1 Å². The molecule has 2 N–H and O–H groups in total. The van der Waals surface area contributed by atoms with Crippen LogP contribution in [0.4, 0.5) is 10.6 Å². The predicted molar refractivity (Wildman–Crippen MR) is 148 cm³/mol. The SMILES string of the molecule is Nc1ncnn2c(C3CCN(C(=O)N4CCOCC4)C3)cc(-c3ccc4cn(Cc5ccccc5)nc4c3)c12. The van der Waals surface area contributed by atoms with Gasteiger partial charge < -0.3 is 20.3 Å². The average molecular weight is 523 g/mol. The van der Waals surface area contributed by atoms with Crippen molar-refractivity contribution in [3.05, 3.63) is 78.4 Å². The predicted octanol–water partition coefficient (Wildman–Crippen LogP) is 3.62.